The Morgan fingerprint density at radius 3 is 2.22 bits per heavy atom. The van der Waals surface area contributed by atoms with Gasteiger partial charge in [0, 0.05) is 75.0 Å². The molecule has 1 aliphatic rings. The van der Waals surface area contributed by atoms with Crippen LogP contribution in [0.25, 0.3) is 33.6 Å². The van der Waals surface area contributed by atoms with Crippen molar-refractivity contribution in [1.82, 2.24) is 24.8 Å². The van der Waals surface area contributed by atoms with E-state index in [-0.39, 0.29) is 0 Å². The molecule has 5 rings (SSSR count). The number of aromatic nitrogens is 3. The van der Waals surface area contributed by atoms with Gasteiger partial charge in [0.1, 0.15) is 0 Å². The first-order valence-corrected chi connectivity index (χ1v) is 12.7. The van der Waals surface area contributed by atoms with Gasteiger partial charge in [0.15, 0.2) is 0 Å². The van der Waals surface area contributed by atoms with Crippen molar-refractivity contribution in [1.29, 1.82) is 0 Å². The Labute approximate surface area is 213 Å². The average Bonchev–Trinajstić information content (AvgIpc) is 2.94. The molecule has 2 N–H and O–H groups in total. The minimum absolute atomic E-state index is 0.370. The number of benzene rings is 1. The highest BCUT2D eigenvalue weighted by molar-refractivity contribution is 5.74. The molecule has 1 aromatic carbocycles. The predicted octanol–water partition coefficient (Wildman–Crippen LogP) is 4.86. The zero-order chi connectivity index (χ0) is 24.9. The highest BCUT2D eigenvalue weighted by Gasteiger charge is 2.18. The van der Waals surface area contributed by atoms with Crippen LogP contribution in [0.15, 0.2) is 79.3 Å². The van der Waals surface area contributed by atoms with Crippen molar-refractivity contribution in [3.8, 4) is 33.6 Å². The van der Waals surface area contributed by atoms with E-state index >= 15 is 0 Å². The molecule has 0 aliphatic carbocycles. The van der Waals surface area contributed by atoms with Gasteiger partial charge in [0.25, 0.3) is 0 Å². The molecule has 4 heterocycles. The molecule has 0 unspecified atom stereocenters. The Morgan fingerprint density at radius 1 is 0.806 bits per heavy atom. The summed E-state index contributed by atoms with van der Waals surface area (Å²) in [5.74, 6) is 0. The quantitative estimate of drug-likeness (QED) is 0.409. The zero-order valence-electron chi connectivity index (χ0n) is 21.1. The number of piperazine rings is 1. The van der Waals surface area contributed by atoms with Crippen molar-refractivity contribution in [3.05, 3.63) is 90.5 Å². The minimum atomic E-state index is 0.370. The maximum absolute atomic E-state index is 5.96. The number of nitrogens with zero attached hydrogens (tertiary/aromatic N) is 5. The highest BCUT2D eigenvalue weighted by atomic mass is 15.3. The number of hydrogen-bond acceptors (Lipinski definition) is 6. The van der Waals surface area contributed by atoms with Crippen LogP contribution in [-0.4, -0.2) is 57.0 Å². The van der Waals surface area contributed by atoms with Crippen LogP contribution in [0.2, 0.25) is 0 Å². The number of rotatable bonds is 7. The molecule has 0 spiro atoms. The van der Waals surface area contributed by atoms with E-state index < -0.39 is 0 Å². The summed E-state index contributed by atoms with van der Waals surface area (Å²) in [5, 5.41) is 0. The molecule has 4 aromatic rings. The van der Waals surface area contributed by atoms with Crippen molar-refractivity contribution in [2.45, 2.75) is 33.0 Å². The van der Waals surface area contributed by atoms with E-state index in [9.17, 15) is 0 Å². The molecule has 1 fully saturated rings. The Morgan fingerprint density at radius 2 is 1.56 bits per heavy atom. The summed E-state index contributed by atoms with van der Waals surface area (Å²) in [4.78, 5) is 18.8. The lowest BCUT2D eigenvalue weighted by molar-refractivity contribution is 0.104. The molecular formula is C30H34N6. The van der Waals surface area contributed by atoms with Gasteiger partial charge in [-0.05, 0) is 60.9 Å². The van der Waals surface area contributed by atoms with E-state index in [1.807, 2.05) is 36.7 Å². The number of pyridine rings is 3. The van der Waals surface area contributed by atoms with E-state index in [4.69, 9.17) is 5.73 Å². The molecule has 6 heteroatoms. The Hall–Kier alpha value is -3.45. The van der Waals surface area contributed by atoms with Crippen molar-refractivity contribution in [2.75, 3.05) is 26.2 Å². The molecule has 1 saturated heterocycles. The van der Waals surface area contributed by atoms with E-state index in [2.05, 4.69) is 75.0 Å². The predicted molar refractivity (Wildman–Crippen MR) is 146 cm³/mol. The molecule has 3 aromatic heterocycles. The van der Waals surface area contributed by atoms with Crippen LogP contribution in [0.4, 0.5) is 0 Å². The third-order valence-corrected chi connectivity index (χ3v) is 6.92. The molecular weight excluding hydrogens is 444 g/mol. The Kier molecular flexibility index (Phi) is 7.47. The van der Waals surface area contributed by atoms with Crippen molar-refractivity contribution >= 4 is 0 Å². The van der Waals surface area contributed by atoms with E-state index in [0.717, 1.165) is 72.1 Å². The first-order chi connectivity index (χ1) is 17.6. The second kappa shape index (κ2) is 11.1. The second-order valence-corrected chi connectivity index (χ2v) is 9.72. The normalized spacial score (nSPS) is 14.9. The standard InChI is InChI=1S/C30H34N6/c1-22(2)36-13-11-35(12-14-36)21-23-6-8-24(9-7-23)26-15-27(20-32-19-26)25-16-28(18-31)34-30(17-25)29-5-3-4-10-33-29/h3-10,15-17,19-20,22H,11-14,18,21,31H2,1-2H3. The molecule has 0 radical (unpaired) electrons. The van der Waals surface area contributed by atoms with Crippen molar-refractivity contribution < 1.29 is 0 Å². The Bertz CT molecular complexity index is 1280. The summed E-state index contributed by atoms with van der Waals surface area (Å²) in [6.45, 7) is 10.5. The maximum atomic E-state index is 5.96. The fourth-order valence-corrected chi connectivity index (χ4v) is 4.76. The van der Waals surface area contributed by atoms with Gasteiger partial charge in [-0.2, -0.15) is 0 Å². The van der Waals surface area contributed by atoms with Crippen LogP contribution >= 0.6 is 0 Å². The molecule has 36 heavy (non-hydrogen) atoms. The summed E-state index contributed by atoms with van der Waals surface area (Å²) < 4.78 is 0. The van der Waals surface area contributed by atoms with Crippen LogP contribution in [-0.2, 0) is 13.1 Å². The highest BCUT2D eigenvalue weighted by Crippen LogP contribution is 2.28. The van der Waals surface area contributed by atoms with Gasteiger partial charge in [-0.3, -0.25) is 19.8 Å². The van der Waals surface area contributed by atoms with Crippen molar-refractivity contribution in [3.63, 3.8) is 0 Å². The summed E-state index contributed by atoms with van der Waals surface area (Å²) in [6.07, 6.45) is 5.60. The van der Waals surface area contributed by atoms with Crippen molar-refractivity contribution in [2.24, 2.45) is 5.73 Å². The molecule has 0 saturated carbocycles. The van der Waals surface area contributed by atoms with Crippen LogP contribution in [0, 0.1) is 0 Å². The van der Waals surface area contributed by atoms with Gasteiger partial charge in [-0.25, -0.2) is 4.98 Å². The van der Waals surface area contributed by atoms with Gasteiger partial charge in [0.2, 0.25) is 0 Å². The van der Waals surface area contributed by atoms with Crippen LogP contribution < -0.4 is 5.73 Å². The Balaban J connectivity index is 1.34. The fourth-order valence-electron chi connectivity index (χ4n) is 4.76. The first-order valence-electron chi connectivity index (χ1n) is 12.7. The molecule has 1 aliphatic heterocycles. The molecule has 0 atom stereocenters. The van der Waals surface area contributed by atoms with Crippen LogP contribution in [0.5, 0.6) is 0 Å². The van der Waals surface area contributed by atoms with Gasteiger partial charge in [-0.15, -0.1) is 0 Å². The van der Waals surface area contributed by atoms with E-state index in [1.165, 1.54) is 5.56 Å². The SMILES string of the molecule is CC(C)N1CCN(Cc2ccc(-c3cncc(-c4cc(CN)nc(-c5ccccn5)c4)c3)cc2)CC1. The van der Waals surface area contributed by atoms with Gasteiger partial charge in [-0.1, -0.05) is 30.3 Å². The van der Waals surface area contributed by atoms with Crippen LogP contribution in [0.1, 0.15) is 25.1 Å². The summed E-state index contributed by atoms with van der Waals surface area (Å²) in [7, 11) is 0. The summed E-state index contributed by atoms with van der Waals surface area (Å²) in [6, 6.07) is 21.7. The van der Waals surface area contributed by atoms with Crippen LogP contribution in [0.3, 0.4) is 0 Å². The topological polar surface area (TPSA) is 71.2 Å². The first kappa shape index (κ1) is 24.3. The van der Waals surface area contributed by atoms with E-state index in [1.54, 1.807) is 6.20 Å². The summed E-state index contributed by atoms with van der Waals surface area (Å²) in [5.41, 5.74) is 14.1. The average molecular weight is 479 g/mol. The molecule has 184 valence electrons. The maximum Gasteiger partial charge on any atom is 0.0896 e. The lowest BCUT2D eigenvalue weighted by atomic mass is 10.00. The molecule has 0 bridgehead atoms. The summed E-state index contributed by atoms with van der Waals surface area (Å²) >= 11 is 0. The van der Waals surface area contributed by atoms with Gasteiger partial charge < -0.3 is 5.73 Å². The second-order valence-electron chi connectivity index (χ2n) is 9.72. The fraction of sp³-hybridized carbons (Fsp3) is 0.300. The largest absolute Gasteiger partial charge is 0.325 e. The zero-order valence-corrected chi connectivity index (χ0v) is 21.1. The lowest BCUT2D eigenvalue weighted by Gasteiger charge is -2.36. The monoisotopic (exact) mass is 478 g/mol. The van der Waals surface area contributed by atoms with E-state index in [0.29, 0.717) is 12.6 Å². The molecule has 6 nitrogen and oxygen atoms in total. The van der Waals surface area contributed by atoms with Gasteiger partial charge >= 0.3 is 0 Å². The third kappa shape index (κ3) is 5.68. The number of hydrogen-bond donors (Lipinski definition) is 1. The third-order valence-electron chi connectivity index (χ3n) is 6.92. The number of nitrogens with two attached hydrogens (primary N) is 1. The molecule has 0 amide bonds. The lowest BCUT2D eigenvalue weighted by Crippen LogP contribution is -2.48. The van der Waals surface area contributed by atoms with Gasteiger partial charge in [0.05, 0.1) is 17.1 Å². The smallest absolute Gasteiger partial charge is 0.0896 e. The minimum Gasteiger partial charge on any atom is -0.325 e.